The van der Waals surface area contributed by atoms with Crippen LogP contribution in [-0.2, 0) is 16.1 Å². The van der Waals surface area contributed by atoms with E-state index in [0.29, 0.717) is 37.9 Å². The van der Waals surface area contributed by atoms with E-state index in [4.69, 9.17) is 32.9 Å². The molecule has 1 aliphatic heterocycles. The van der Waals surface area contributed by atoms with Gasteiger partial charge in [0, 0.05) is 48.7 Å². The van der Waals surface area contributed by atoms with E-state index in [9.17, 15) is 18.8 Å². The van der Waals surface area contributed by atoms with Crippen molar-refractivity contribution in [1.29, 1.82) is 0 Å². The third-order valence-electron chi connectivity index (χ3n) is 6.46. The molecule has 0 saturated carbocycles. The number of rotatable bonds is 7. The van der Waals surface area contributed by atoms with Crippen LogP contribution in [-0.4, -0.2) is 75.3 Å². The van der Waals surface area contributed by atoms with Crippen LogP contribution in [0.25, 0.3) is 11.3 Å². The molecule has 1 fully saturated rings. The summed E-state index contributed by atoms with van der Waals surface area (Å²) in [6, 6.07) is 14.9. The first kappa shape index (κ1) is 35.2. The van der Waals surface area contributed by atoms with Crippen LogP contribution in [0.15, 0.2) is 54.6 Å². The van der Waals surface area contributed by atoms with Gasteiger partial charge in [-0.3, -0.25) is 19.8 Å². The van der Waals surface area contributed by atoms with Gasteiger partial charge < -0.3 is 15.0 Å². The minimum Gasteiger partial charge on any atom is -0.444 e. The second-order valence-electron chi connectivity index (χ2n) is 11.5. The van der Waals surface area contributed by atoms with E-state index in [0.717, 1.165) is 16.1 Å². The highest BCUT2D eigenvalue weighted by atomic mass is 35.5. The van der Waals surface area contributed by atoms with Gasteiger partial charge in [-0.25, -0.2) is 14.2 Å². The molecule has 44 heavy (non-hydrogen) atoms. The molecule has 2 N–H and O–H groups in total. The van der Waals surface area contributed by atoms with Crippen LogP contribution in [0.5, 0.6) is 0 Å². The Morgan fingerprint density at radius 1 is 0.955 bits per heavy atom. The maximum atomic E-state index is 13.2. The number of carbonyl (C=O) groups is 3. The third kappa shape index (κ3) is 10.4. The van der Waals surface area contributed by atoms with E-state index in [1.807, 2.05) is 51.1 Å². The number of piperazine rings is 1. The molecule has 1 saturated heterocycles. The van der Waals surface area contributed by atoms with Gasteiger partial charge in [0.25, 0.3) is 11.8 Å². The number of nitrogens with zero attached hydrogens (tertiary/aromatic N) is 3. The molecule has 0 spiro atoms. The van der Waals surface area contributed by atoms with Crippen LogP contribution in [0.1, 0.15) is 49.9 Å². The Bertz CT molecular complexity index is 1410. The second-order valence-corrected chi connectivity index (χ2v) is 13.4. The Morgan fingerprint density at radius 2 is 1.55 bits per heavy atom. The van der Waals surface area contributed by atoms with Crippen molar-refractivity contribution < 1.29 is 23.5 Å². The largest absolute Gasteiger partial charge is 0.444 e. The number of amides is 3. The number of anilines is 1. The zero-order chi connectivity index (χ0) is 32.5. The number of alkyl halides is 2. The van der Waals surface area contributed by atoms with Crippen molar-refractivity contribution in [3.05, 3.63) is 70.9 Å². The van der Waals surface area contributed by atoms with Gasteiger partial charge in [0.1, 0.15) is 17.0 Å². The number of benzene rings is 2. The maximum Gasteiger partial charge on any atom is 0.410 e. The molecule has 0 aliphatic carbocycles. The summed E-state index contributed by atoms with van der Waals surface area (Å²) in [4.78, 5) is 48.0. The highest BCUT2D eigenvalue weighted by Gasteiger charge is 2.32. The number of hydrogen-bond donors (Lipinski definition) is 2. The molecule has 0 atom stereocenters. The SMILES string of the molecule is CC(C)(C)OC(=O)N1CCN(Cc2sc(NC(=O)C(C)(C)NC(=O)c3ccc(F)cc3)nc2-c2ccccc2)CC1.ClCCl. The van der Waals surface area contributed by atoms with Crippen molar-refractivity contribution in [2.45, 2.75) is 52.3 Å². The van der Waals surface area contributed by atoms with Crippen LogP contribution in [0, 0.1) is 5.82 Å². The number of hydrogen-bond acceptors (Lipinski definition) is 7. The lowest BCUT2D eigenvalue weighted by molar-refractivity contribution is -0.120. The lowest BCUT2D eigenvalue weighted by Crippen LogP contribution is -2.52. The van der Waals surface area contributed by atoms with Gasteiger partial charge in [-0.05, 0) is 58.9 Å². The van der Waals surface area contributed by atoms with Crippen LogP contribution >= 0.6 is 34.5 Å². The minimum atomic E-state index is -1.26. The molecule has 1 aliphatic rings. The van der Waals surface area contributed by atoms with E-state index < -0.39 is 28.8 Å². The summed E-state index contributed by atoms with van der Waals surface area (Å²) in [6.45, 7) is 11.8. The Balaban J connectivity index is 0.00000169. The molecule has 3 amide bonds. The predicted molar refractivity (Wildman–Crippen MR) is 174 cm³/mol. The molecule has 0 bridgehead atoms. The van der Waals surface area contributed by atoms with Crippen molar-refractivity contribution in [1.82, 2.24) is 20.1 Å². The summed E-state index contributed by atoms with van der Waals surface area (Å²) in [6.07, 6.45) is -0.306. The van der Waals surface area contributed by atoms with E-state index in [1.165, 1.54) is 35.6 Å². The van der Waals surface area contributed by atoms with Gasteiger partial charge in [0.2, 0.25) is 0 Å². The van der Waals surface area contributed by atoms with Crippen LogP contribution < -0.4 is 10.6 Å². The Morgan fingerprint density at radius 3 is 2.11 bits per heavy atom. The van der Waals surface area contributed by atoms with E-state index in [2.05, 4.69) is 15.5 Å². The maximum absolute atomic E-state index is 13.2. The van der Waals surface area contributed by atoms with E-state index in [1.54, 1.807) is 18.7 Å². The molecule has 238 valence electrons. The normalized spacial score (nSPS) is 13.9. The molecular formula is C31H38Cl2FN5O4S. The molecule has 0 unspecified atom stereocenters. The van der Waals surface area contributed by atoms with Gasteiger partial charge >= 0.3 is 6.09 Å². The summed E-state index contributed by atoms with van der Waals surface area (Å²) in [5.41, 5.74) is 0.147. The minimum absolute atomic E-state index is 0.194. The van der Waals surface area contributed by atoms with E-state index in [-0.39, 0.29) is 17.0 Å². The Kier molecular flexibility index (Phi) is 12.5. The average Bonchev–Trinajstić information content (AvgIpc) is 3.35. The predicted octanol–water partition coefficient (Wildman–Crippen LogP) is 6.57. The van der Waals surface area contributed by atoms with Gasteiger partial charge in [-0.2, -0.15) is 0 Å². The zero-order valence-electron chi connectivity index (χ0n) is 25.5. The Labute approximate surface area is 271 Å². The summed E-state index contributed by atoms with van der Waals surface area (Å²) < 4.78 is 18.7. The van der Waals surface area contributed by atoms with Gasteiger partial charge in [0.05, 0.1) is 11.0 Å². The average molecular weight is 667 g/mol. The van der Waals surface area contributed by atoms with Crippen molar-refractivity contribution >= 4 is 57.6 Å². The lowest BCUT2D eigenvalue weighted by Gasteiger charge is -2.35. The highest BCUT2D eigenvalue weighted by Crippen LogP contribution is 2.33. The molecule has 1 aromatic heterocycles. The first-order valence-corrected chi connectivity index (χ1v) is 15.9. The van der Waals surface area contributed by atoms with Crippen LogP contribution in [0.2, 0.25) is 0 Å². The fourth-order valence-electron chi connectivity index (χ4n) is 4.22. The van der Waals surface area contributed by atoms with Gasteiger partial charge in [0.15, 0.2) is 5.13 Å². The fraction of sp³-hybridized carbons (Fsp3) is 0.419. The number of nitrogens with one attached hydrogen (secondary N) is 2. The quantitative estimate of drug-likeness (QED) is 0.277. The number of carbonyl (C=O) groups excluding carboxylic acids is 3. The molecule has 9 nitrogen and oxygen atoms in total. The van der Waals surface area contributed by atoms with Crippen molar-refractivity contribution in [3.8, 4) is 11.3 Å². The molecule has 0 radical (unpaired) electrons. The first-order valence-electron chi connectivity index (χ1n) is 14.0. The zero-order valence-corrected chi connectivity index (χ0v) is 27.8. The Hall–Kier alpha value is -3.25. The smallest absolute Gasteiger partial charge is 0.410 e. The number of ether oxygens (including phenoxy) is 1. The van der Waals surface area contributed by atoms with Gasteiger partial charge in [-0.15, -0.1) is 23.2 Å². The second kappa shape index (κ2) is 15.7. The summed E-state index contributed by atoms with van der Waals surface area (Å²) >= 11 is 10.9. The third-order valence-corrected chi connectivity index (χ3v) is 7.41. The monoisotopic (exact) mass is 665 g/mol. The molecule has 3 aromatic rings. The molecule has 4 rings (SSSR count). The molecule has 2 heterocycles. The molecule has 2 aromatic carbocycles. The van der Waals surface area contributed by atoms with Gasteiger partial charge in [-0.1, -0.05) is 41.7 Å². The summed E-state index contributed by atoms with van der Waals surface area (Å²) in [7, 11) is 0. The van der Waals surface area contributed by atoms with Crippen LogP contribution in [0.3, 0.4) is 0 Å². The number of halogens is 3. The standard InChI is InChI=1S/C30H36FN5O4S.CH2Cl2/c1-29(2,3)40-28(39)36-17-15-35(16-18-36)19-23-24(20-9-7-6-8-10-20)32-27(41-23)33-26(38)30(4,5)34-25(37)21-11-13-22(31)14-12-21;2-1-3/h6-14H,15-19H2,1-5H3,(H,34,37)(H,32,33,38);1H2. The highest BCUT2D eigenvalue weighted by molar-refractivity contribution is 7.16. The van der Waals surface area contributed by atoms with E-state index >= 15 is 0 Å². The topological polar surface area (TPSA) is 104 Å². The number of thiazole rings is 1. The fourth-order valence-corrected chi connectivity index (χ4v) is 5.24. The van der Waals surface area contributed by atoms with Crippen LogP contribution in [0.4, 0.5) is 14.3 Å². The molecular weight excluding hydrogens is 628 g/mol. The first-order chi connectivity index (χ1) is 20.7. The summed E-state index contributed by atoms with van der Waals surface area (Å²) in [5.74, 6) is -1.36. The lowest BCUT2D eigenvalue weighted by atomic mass is 10.0. The van der Waals surface area contributed by atoms with Crippen molar-refractivity contribution in [3.63, 3.8) is 0 Å². The van der Waals surface area contributed by atoms with Crippen molar-refractivity contribution in [2.24, 2.45) is 0 Å². The number of aromatic nitrogens is 1. The molecule has 13 heteroatoms. The van der Waals surface area contributed by atoms with Crippen molar-refractivity contribution in [2.75, 3.05) is 36.8 Å². The summed E-state index contributed by atoms with van der Waals surface area (Å²) in [5, 5.41) is 6.19.